The van der Waals surface area contributed by atoms with Crippen LogP contribution in [0.5, 0.6) is 0 Å². The van der Waals surface area contributed by atoms with Gasteiger partial charge in [-0.25, -0.2) is 0 Å². The highest BCUT2D eigenvalue weighted by Crippen LogP contribution is 2.36. The van der Waals surface area contributed by atoms with E-state index in [-0.39, 0.29) is 5.78 Å². The lowest BCUT2D eigenvalue weighted by Crippen LogP contribution is -2.29. The maximum Gasteiger partial charge on any atom is 0.161 e. The number of halogens is 2. The molecule has 0 heterocycles. The largest absolute Gasteiger partial charge is 0.370 e. The molecular formula is C14H17BrClNO. The highest BCUT2D eigenvalue weighted by Gasteiger charge is 2.23. The van der Waals surface area contributed by atoms with E-state index in [0.717, 1.165) is 10.2 Å². The topological polar surface area (TPSA) is 20.3 Å². The third-order valence-electron chi connectivity index (χ3n) is 3.65. The zero-order valence-electron chi connectivity index (χ0n) is 10.7. The maximum atomic E-state index is 11.6. The SMILES string of the molecule is CC(=O)c1cc(Br)cc(N(C)C2CCCC2)c1Cl. The molecule has 0 unspecified atom stereocenters. The molecule has 18 heavy (non-hydrogen) atoms. The van der Waals surface area contributed by atoms with Crippen molar-refractivity contribution in [3.8, 4) is 0 Å². The normalized spacial score (nSPS) is 16.0. The van der Waals surface area contributed by atoms with Gasteiger partial charge in [-0.05, 0) is 31.9 Å². The van der Waals surface area contributed by atoms with E-state index < -0.39 is 0 Å². The molecule has 2 rings (SSSR count). The molecule has 0 atom stereocenters. The van der Waals surface area contributed by atoms with Crippen LogP contribution in [-0.4, -0.2) is 18.9 Å². The van der Waals surface area contributed by atoms with Gasteiger partial charge in [-0.2, -0.15) is 0 Å². The molecule has 1 aliphatic carbocycles. The average molecular weight is 331 g/mol. The second-order valence-corrected chi connectivity index (χ2v) is 6.19. The van der Waals surface area contributed by atoms with Gasteiger partial charge < -0.3 is 4.90 Å². The number of benzene rings is 1. The van der Waals surface area contributed by atoms with Crippen molar-refractivity contribution in [1.29, 1.82) is 0 Å². The highest BCUT2D eigenvalue weighted by atomic mass is 79.9. The maximum absolute atomic E-state index is 11.6. The smallest absolute Gasteiger partial charge is 0.161 e. The van der Waals surface area contributed by atoms with Crippen molar-refractivity contribution in [2.75, 3.05) is 11.9 Å². The van der Waals surface area contributed by atoms with Crippen molar-refractivity contribution in [1.82, 2.24) is 0 Å². The summed E-state index contributed by atoms with van der Waals surface area (Å²) in [6.45, 7) is 1.55. The standard InChI is InChI=1S/C14H17BrClNO/c1-9(18)12-7-10(15)8-13(14(12)16)17(2)11-5-3-4-6-11/h7-8,11H,3-6H2,1-2H3. The lowest BCUT2D eigenvalue weighted by molar-refractivity contribution is 0.101. The molecule has 1 fully saturated rings. The third-order valence-corrected chi connectivity index (χ3v) is 4.50. The summed E-state index contributed by atoms with van der Waals surface area (Å²) < 4.78 is 0.900. The van der Waals surface area contributed by atoms with E-state index >= 15 is 0 Å². The van der Waals surface area contributed by atoms with Gasteiger partial charge in [0.1, 0.15) is 0 Å². The van der Waals surface area contributed by atoms with Crippen LogP contribution in [0, 0.1) is 0 Å². The summed E-state index contributed by atoms with van der Waals surface area (Å²) in [4.78, 5) is 13.8. The molecular weight excluding hydrogens is 314 g/mol. The van der Waals surface area contributed by atoms with Crippen LogP contribution in [0.1, 0.15) is 43.0 Å². The Bertz CT molecular complexity index is 469. The van der Waals surface area contributed by atoms with Gasteiger partial charge in [0.15, 0.2) is 5.78 Å². The van der Waals surface area contributed by atoms with Gasteiger partial charge in [0.25, 0.3) is 0 Å². The number of ketones is 1. The molecule has 0 aromatic heterocycles. The third kappa shape index (κ3) is 2.72. The van der Waals surface area contributed by atoms with Crippen molar-refractivity contribution in [3.05, 3.63) is 27.2 Å². The Hall–Kier alpha value is -0.540. The van der Waals surface area contributed by atoms with E-state index in [1.807, 2.05) is 6.07 Å². The molecule has 0 saturated heterocycles. The summed E-state index contributed by atoms with van der Waals surface area (Å²) in [6.07, 6.45) is 4.96. The Kier molecular flexibility index (Phi) is 4.33. The van der Waals surface area contributed by atoms with Gasteiger partial charge in [0.2, 0.25) is 0 Å². The lowest BCUT2D eigenvalue weighted by Gasteiger charge is -2.28. The number of carbonyl (C=O) groups is 1. The van der Waals surface area contributed by atoms with Gasteiger partial charge in [0.05, 0.1) is 10.7 Å². The molecule has 4 heteroatoms. The van der Waals surface area contributed by atoms with E-state index in [2.05, 4.69) is 27.9 Å². The van der Waals surface area contributed by atoms with Gasteiger partial charge in [-0.15, -0.1) is 0 Å². The van der Waals surface area contributed by atoms with Crippen molar-refractivity contribution >= 4 is 39.0 Å². The molecule has 0 aliphatic heterocycles. The second-order valence-electron chi connectivity index (χ2n) is 4.89. The first-order valence-corrected chi connectivity index (χ1v) is 7.40. The molecule has 1 aromatic carbocycles. The first kappa shape index (κ1) is 13.9. The summed E-state index contributed by atoms with van der Waals surface area (Å²) >= 11 is 9.82. The van der Waals surface area contributed by atoms with E-state index in [9.17, 15) is 4.79 Å². The molecule has 98 valence electrons. The molecule has 0 amide bonds. The summed E-state index contributed by atoms with van der Waals surface area (Å²) in [6, 6.07) is 4.32. The van der Waals surface area contributed by atoms with Gasteiger partial charge in [0, 0.05) is 23.1 Å². The minimum Gasteiger partial charge on any atom is -0.370 e. The number of Topliss-reactive ketones (excluding diaryl/α,β-unsaturated/α-hetero) is 1. The predicted octanol–water partition coefficient (Wildman–Crippen LogP) is 4.68. The monoisotopic (exact) mass is 329 g/mol. The van der Waals surface area contributed by atoms with E-state index in [0.29, 0.717) is 16.6 Å². The molecule has 0 bridgehead atoms. The fraction of sp³-hybridized carbons (Fsp3) is 0.500. The van der Waals surface area contributed by atoms with E-state index in [1.54, 1.807) is 13.0 Å². The molecule has 0 N–H and O–H groups in total. The molecule has 0 spiro atoms. The molecule has 2 nitrogen and oxygen atoms in total. The fourth-order valence-corrected chi connectivity index (χ4v) is 3.40. The van der Waals surface area contributed by atoms with Crippen LogP contribution in [-0.2, 0) is 0 Å². The zero-order valence-corrected chi connectivity index (χ0v) is 13.0. The minimum atomic E-state index is 0.00220. The van der Waals surface area contributed by atoms with Crippen molar-refractivity contribution in [3.63, 3.8) is 0 Å². The Morgan fingerprint density at radius 2 is 2.00 bits per heavy atom. The van der Waals surface area contributed by atoms with Gasteiger partial charge in [-0.1, -0.05) is 40.4 Å². The summed E-state index contributed by atoms with van der Waals surface area (Å²) in [5.74, 6) is 0.00220. The Morgan fingerprint density at radius 1 is 1.39 bits per heavy atom. The van der Waals surface area contributed by atoms with Crippen LogP contribution < -0.4 is 4.90 Å². The number of hydrogen-bond donors (Lipinski definition) is 0. The van der Waals surface area contributed by atoms with Crippen LogP contribution in [0.25, 0.3) is 0 Å². The van der Waals surface area contributed by atoms with Crippen molar-refractivity contribution in [2.45, 2.75) is 38.6 Å². The van der Waals surface area contributed by atoms with Crippen molar-refractivity contribution < 1.29 is 4.79 Å². The molecule has 1 aromatic rings. The molecule has 1 aliphatic rings. The van der Waals surface area contributed by atoms with Crippen LogP contribution in [0.15, 0.2) is 16.6 Å². The summed E-state index contributed by atoms with van der Waals surface area (Å²) in [5.41, 5.74) is 1.54. The van der Waals surface area contributed by atoms with Crippen molar-refractivity contribution in [2.24, 2.45) is 0 Å². The zero-order chi connectivity index (χ0) is 13.3. The first-order valence-electron chi connectivity index (χ1n) is 6.23. The Labute approximate surface area is 121 Å². The number of nitrogens with zero attached hydrogens (tertiary/aromatic N) is 1. The Balaban J connectivity index is 2.40. The number of carbonyl (C=O) groups excluding carboxylic acids is 1. The minimum absolute atomic E-state index is 0.00220. The number of rotatable bonds is 3. The number of anilines is 1. The fourth-order valence-electron chi connectivity index (χ4n) is 2.58. The van der Waals surface area contributed by atoms with Crippen LogP contribution in [0.3, 0.4) is 0 Å². The van der Waals surface area contributed by atoms with Gasteiger partial charge >= 0.3 is 0 Å². The summed E-state index contributed by atoms with van der Waals surface area (Å²) in [5, 5.41) is 0.570. The quantitative estimate of drug-likeness (QED) is 0.750. The molecule has 1 saturated carbocycles. The molecule has 0 radical (unpaired) electrons. The second kappa shape index (κ2) is 5.62. The van der Waals surface area contributed by atoms with E-state index in [1.165, 1.54) is 25.7 Å². The average Bonchev–Trinajstić information content (AvgIpc) is 2.84. The Morgan fingerprint density at radius 3 is 2.56 bits per heavy atom. The van der Waals surface area contributed by atoms with Gasteiger partial charge in [-0.3, -0.25) is 4.79 Å². The highest BCUT2D eigenvalue weighted by molar-refractivity contribution is 9.10. The predicted molar refractivity (Wildman–Crippen MR) is 79.8 cm³/mol. The van der Waals surface area contributed by atoms with Crippen LogP contribution in [0.4, 0.5) is 5.69 Å². The first-order chi connectivity index (χ1) is 8.50. The van der Waals surface area contributed by atoms with E-state index in [4.69, 9.17) is 11.6 Å². The van der Waals surface area contributed by atoms with Crippen LogP contribution >= 0.6 is 27.5 Å². The summed E-state index contributed by atoms with van der Waals surface area (Å²) in [7, 11) is 2.06. The number of hydrogen-bond acceptors (Lipinski definition) is 2. The van der Waals surface area contributed by atoms with Crippen LogP contribution in [0.2, 0.25) is 5.02 Å². The lowest BCUT2D eigenvalue weighted by atomic mass is 10.1.